The van der Waals surface area contributed by atoms with E-state index in [1.807, 2.05) is 38.1 Å². The van der Waals surface area contributed by atoms with Gasteiger partial charge in [0, 0.05) is 8.99 Å². The fourth-order valence-corrected chi connectivity index (χ4v) is 10.5. The minimum absolute atomic E-state index is 0.00435. The number of ether oxygens (including phenoxy) is 3. The lowest BCUT2D eigenvalue weighted by atomic mass is 9.44. The van der Waals surface area contributed by atoms with Crippen molar-refractivity contribution in [2.75, 3.05) is 0 Å². The summed E-state index contributed by atoms with van der Waals surface area (Å²) in [5, 5.41) is 0. The lowest BCUT2D eigenvalue weighted by Crippen LogP contribution is -2.60. The van der Waals surface area contributed by atoms with E-state index in [-0.39, 0.29) is 34.8 Å². The van der Waals surface area contributed by atoms with Crippen LogP contribution < -0.4 is 0 Å². The molecule has 9 atom stereocenters. The van der Waals surface area contributed by atoms with Gasteiger partial charge in [0.15, 0.2) is 17.2 Å². The number of fused-ring (bicyclic) bond motifs is 7. The van der Waals surface area contributed by atoms with E-state index in [1.54, 1.807) is 6.92 Å². The largest absolute Gasteiger partial charge is 0.459 e. The van der Waals surface area contributed by atoms with Gasteiger partial charge in [0.25, 0.3) is 0 Å². The van der Waals surface area contributed by atoms with E-state index in [1.165, 1.54) is 12.8 Å². The molecule has 4 unspecified atom stereocenters. The summed E-state index contributed by atoms with van der Waals surface area (Å²) in [7, 11) is 0. The monoisotopic (exact) mass is 620 g/mol. The lowest BCUT2D eigenvalue weighted by Gasteiger charge is -2.61. The summed E-state index contributed by atoms with van der Waals surface area (Å²) in [5.41, 5.74) is -0.0847. The summed E-state index contributed by atoms with van der Waals surface area (Å²) in [6.45, 7) is 10.5. The SMILES string of the molecule is CC(=O)[C@@]12OC(C)(C)O[C@@H]1CC1C3CCC4C[C@H](OC(=O)c5cccc(I)c5)CC[C@]4(C)C3CC[C@@]12C. The third-order valence-corrected chi connectivity index (χ3v) is 12.1. The molecular formula is C31H41IO5. The maximum atomic E-state index is 13.2. The van der Waals surface area contributed by atoms with Crippen LogP contribution in [0.1, 0.15) is 96.3 Å². The molecule has 37 heavy (non-hydrogen) atoms. The van der Waals surface area contributed by atoms with E-state index in [9.17, 15) is 9.59 Å². The highest BCUT2D eigenvalue weighted by atomic mass is 127. The Hall–Kier alpha value is -0.990. The Bertz CT molecular complexity index is 1120. The zero-order chi connectivity index (χ0) is 26.4. The quantitative estimate of drug-likeness (QED) is 0.271. The highest BCUT2D eigenvalue weighted by Gasteiger charge is 2.75. The molecule has 0 radical (unpaired) electrons. The first-order valence-corrected chi connectivity index (χ1v) is 15.3. The van der Waals surface area contributed by atoms with Crippen LogP contribution in [0.15, 0.2) is 24.3 Å². The molecule has 4 aliphatic carbocycles. The molecule has 1 aromatic rings. The van der Waals surface area contributed by atoms with Gasteiger partial charge in [0.05, 0.1) is 11.7 Å². The van der Waals surface area contributed by atoms with Crippen molar-refractivity contribution in [3.05, 3.63) is 33.4 Å². The van der Waals surface area contributed by atoms with Gasteiger partial charge in [0.1, 0.15) is 6.10 Å². The van der Waals surface area contributed by atoms with Crippen molar-refractivity contribution in [2.24, 2.45) is 34.5 Å². The summed E-state index contributed by atoms with van der Waals surface area (Å²) in [4.78, 5) is 26.1. The molecule has 1 saturated heterocycles. The third-order valence-electron chi connectivity index (χ3n) is 11.5. The van der Waals surface area contributed by atoms with Crippen molar-refractivity contribution in [1.29, 1.82) is 0 Å². The Morgan fingerprint density at radius 1 is 1.00 bits per heavy atom. The van der Waals surface area contributed by atoms with Crippen LogP contribution in [0.5, 0.6) is 0 Å². The van der Waals surface area contributed by atoms with Gasteiger partial charge in [-0.3, -0.25) is 4.79 Å². The Balaban J connectivity index is 1.19. The maximum Gasteiger partial charge on any atom is 0.338 e. The van der Waals surface area contributed by atoms with Crippen molar-refractivity contribution < 1.29 is 23.8 Å². The second-order valence-electron chi connectivity index (χ2n) is 13.6. The average molecular weight is 621 g/mol. The minimum atomic E-state index is -0.814. The molecule has 5 nitrogen and oxygen atoms in total. The molecule has 0 N–H and O–H groups in total. The van der Waals surface area contributed by atoms with Crippen LogP contribution in [-0.2, 0) is 19.0 Å². The van der Waals surface area contributed by atoms with E-state index < -0.39 is 11.4 Å². The smallest absolute Gasteiger partial charge is 0.338 e. The van der Waals surface area contributed by atoms with Crippen molar-refractivity contribution in [1.82, 2.24) is 0 Å². The molecule has 1 aromatic carbocycles. The van der Waals surface area contributed by atoms with Gasteiger partial charge in [0.2, 0.25) is 0 Å². The fourth-order valence-electron chi connectivity index (χ4n) is 9.91. The molecule has 1 aliphatic heterocycles. The maximum absolute atomic E-state index is 13.2. The van der Waals surface area contributed by atoms with E-state index >= 15 is 0 Å². The normalized spacial score (nSPS) is 45.8. The first-order valence-electron chi connectivity index (χ1n) is 14.3. The van der Waals surface area contributed by atoms with Crippen LogP contribution in [0.2, 0.25) is 0 Å². The van der Waals surface area contributed by atoms with Gasteiger partial charge < -0.3 is 14.2 Å². The van der Waals surface area contributed by atoms with Gasteiger partial charge in [-0.1, -0.05) is 19.9 Å². The topological polar surface area (TPSA) is 61.8 Å². The number of Topliss-reactive ketones (excluding diaryl/α,β-unsaturated/α-hetero) is 1. The number of carbonyl (C=O) groups excluding carboxylic acids is 2. The van der Waals surface area contributed by atoms with E-state index in [0.717, 1.165) is 42.1 Å². The molecule has 5 aliphatic rings. The van der Waals surface area contributed by atoms with Gasteiger partial charge in [-0.15, -0.1) is 0 Å². The van der Waals surface area contributed by atoms with Gasteiger partial charge >= 0.3 is 5.97 Å². The summed E-state index contributed by atoms with van der Waals surface area (Å²) in [6.07, 6.45) is 8.32. The van der Waals surface area contributed by atoms with Crippen molar-refractivity contribution >= 4 is 34.3 Å². The average Bonchev–Trinajstić information content (AvgIpc) is 3.25. The first-order chi connectivity index (χ1) is 17.4. The molecule has 4 saturated carbocycles. The van der Waals surface area contributed by atoms with Crippen LogP contribution in [0, 0.1) is 38.1 Å². The first kappa shape index (κ1) is 26.2. The number of halogens is 1. The van der Waals surface area contributed by atoms with Crippen LogP contribution >= 0.6 is 22.6 Å². The Kier molecular flexibility index (Phi) is 6.21. The minimum Gasteiger partial charge on any atom is -0.459 e. The number of hydrogen-bond acceptors (Lipinski definition) is 5. The second kappa shape index (κ2) is 8.76. The zero-order valence-corrected chi connectivity index (χ0v) is 25.0. The molecule has 1 heterocycles. The van der Waals surface area contributed by atoms with Gasteiger partial charge in [-0.2, -0.15) is 0 Å². The number of rotatable bonds is 3. The Morgan fingerprint density at radius 3 is 2.51 bits per heavy atom. The van der Waals surface area contributed by atoms with Crippen LogP contribution in [0.3, 0.4) is 0 Å². The molecule has 0 amide bonds. The van der Waals surface area contributed by atoms with E-state index in [2.05, 4.69) is 36.4 Å². The van der Waals surface area contributed by atoms with Crippen molar-refractivity contribution in [3.8, 4) is 0 Å². The molecule has 6 heteroatoms. The number of hydrogen-bond donors (Lipinski definition) is 0. The number of carbonyl (C=O) groups is 2. The van der Waals surface area contributed by atoms with Crippen LogP contribution in [0.25, 0.3) is 0 Å². The molecule has 0 aromatic heterocycles. The summed E-state index contributed by atoms with van der Waals surface area (Å²) >= 11 is 2.24. The van der Waals surface area contributed by atoms with Crippen LogP contribution in [-0.4, -0.2) is 35.3 Å². The third kappa shape index (κ3) is 3.81. The van der Waals surface area contributed by atoms with Gasteiger partial charge in [-0.25, -0.2) is 4.79 Å². The standard InChI is InChI=1S/C31H41IO5/c1-18(33)31-26(36-28(2,3)37-31)17-25-23-10-9-20-16-22(35-27(34)19-7-6-8-21(32)15-19)11-13-29(20,4)24(23)12-14-30(25,31)5/h6-8,15,20,22-26H,9-14,16-17H2,1-5H3/t20?,22-,23?,24?,25?,26-,29+,30+,31-/m1/s1. The molecule has 0 spiro atoms. The summed E-state index contributed by atoms with van der Waals surface area (Å²) < 4.78 is 20.1. The van der Waals surface area contributed by atoms with Crippen molar-refractivity contribution in [3.63, 3.8) is 0 Å². The highest BCUT2D eigenvalue weighted by molar-refractivity contribution is 14.1. The van der Waals surface area contributed by atoms with Gasteiger partial charge in [-0.05, 0) is 142 Å². The number of esters is 1. The van der Waals surface area contributed by atoms with E-state index in [4.69, 9.17) is 14.2 Å². The second-order valence-corrected chi connectivity index (χ2v) is 14.8. The summed E-state index contributed by atoms with van der Waals surface area (Å²) in [5.74, 6) is 1.51. The Labute approximate surface area is 234 Å². The fraction of sp³-hybridized carbons (Fsp3) is 0.742. The number of ketones is 1. The predicted molar refractivity (Wildman–Crippen MR) is 149 cm³/mol. The van der Waals surface area contributed by atoms with E-state index in [0.29, 0.717) is 29.2 Å². The molecule has 5 fully saturated rings. The van der Waals surface area contributed by atoms with Crippen LogP contribution in [0.4, 0.5) is 0 Å². The zero-order valence-electron chi connectivity index (χ0n) is 22.8. The summed E-state index contributed by atoms with van der Waals surface area (Å²) in [6, 6.07) is 7.66. The predicted octanol–water partition coefficient (Wildman–Crippen LogP) is 6.95. The molecule has 202 valence electrons. The van der Waals surface area contributed by atoms with Crippen molar-refractivity contribution in [2.45, 2.75) is 110 Å². The molecular weight excluding hydrogens is 579 g/mol. The lowest BCUT2D eigenvalue weighted by molar-refractivity contribution is -0.219. The number of benzene rings is 1. The molecule has 6 rings (SSSR count). The molecule has 0 bridgehead atoms. The Morgan fingerprint density at radius 2 is 1.78 bits per heavy atom. The highest BCUT2D eigenvalue weighted by Crippen LogP contribution is 2.71.